The molecule has 5 N–H and O–H groups in total. The van der Waals surface area contributed by atoms with Crippen molar-refractivity contribution in [2.75, 3.05) is 13.1 Å². The molecule has 0 aromatic heterocycles. The van der Waals surface area contributed by atoms with Crippen LogP contribution in [0.4, 0.5) is 4.79 Å². The van der Waals surface area contributed by atoms with Crippen molar-refractivity contribution in [3.05, 3.63) is 0 Å². The Balaban J connectivity index is 3.44. The largest absolute Gasteiger partial charge is 0.353 e. The summed E-state index contributed by atoms with van der Waals surface area (Å²) in [5.74, 6) is -0.0969. The summed E-state index contributed by atoms with van der Waals surface area (Å²) < 4.78 is 2.46. The van der Waals surface area contributed by atoms with Gasteiger partial charge in [-0.15, -0.1) is 0 Å². The molecule has 0 aliphatic rings. The van der Waals surface area contributed by atoms with E-state index in [1.807, 2.05) is 6.92 Å². The maximum Gasteiger partial charge on any atom is 0.312 e. The van der Waals surface area contributed by atoms with Crippen LogP contribution in [-0.4, -0.2) is 31.1 Å². The molecule has 1 unspecified atom stereocenters. The molecule has 0 radical (unpaired) electrons. The van der Waals surface area contributed by atoms with Crippen molar-refractivity contribution in [1.29, 1.82) is 0 Å². The fraction of sp³-hybridized carbons (Fsp3) is 0.750. The number of carbonyl (C=O) groups excluding carboxylic acids is 2. The van der Waals surface area contributed by atoms with E-state index in [0.29, 0.717) is 6.54 Å². The van der Waals surface area contributed by atoms with E-state index in [0.717, 1.165) is 12.8 Å². The molecule has 0 aliphatic carbocycles. The number of primary amides is 1. The Morgan fingerprint density at radius 2 is 2.13 bits per heavy atom. The number of carbonyl (C=O) groups is 2. The lowest BCUT2D eigenvalue weighted by molar-refractivity contribution is -0.120. The van der Waals surface area contributed by atoms with Crippen LogP contribution in [0.1, 0.15) is 19.8 Å². The second kappa shape index (κ2) is 8.37. The van der Waals surface area contributed by atoms with Crippen molar-refractivity contribution in [3.63, 3.8) is 0 Å². The summed E-state index contributed by atoms with van der Waals surface area (Å²) >= 11 is 3.72. The Morgan fingerprint density at radius 3 is 2.67 bits per heavy atom. The molecule has 88 valence electrons. The zero-order valence-electron chi connectivity index (χ0n) is 8.75. The molecule has 0 aromatic rings. The Kier molecular flexibility index (Phi) is 7.84. The topological polar surface area (TPSA) is 96.2 Å². The first-order chi connectivity index (χ1) is 7.06. The number of amides is 3. The van der Waals surface area contributed by atoms with Gasteiger partial charge in [-0.05, 0) is 19.8 Å². The van der Waals surface area contributed by atoms with Gasteiger partial charge >= 0.3 is 6.03 Å². The molecule has 0 saturated carbocycles. The molecule has 1 atom stereocenters. The molecule has 0 aromatic carbocycles. The number of nitrogens with one attached hydrogen (secondary N) is 3. The Bertz CT molecular complexity index is 213. The number of hydrogen-bond acceptors (Lipinski definition) is 4. The second-order valence-electron chi connectivity index (χ2n) is 3.24. The second-order valence-corrected chi connectivity index (χ2v) is 3.55. The van der Waals surface area contributed by atoms with Gasteiger partial charge in [0.1, 0.15) is 0 Å². The molecule has 0 rings (SSSR count). The molecule has 0 spiro atoms. The molecule has 0 aliphatic heterocycles. The van der Waals surface area contributed by atoms with Crippen LogP contribution in [0.25, 0.3) is 0 Å². The number of hydrogen-bond donors (Lipinski definition) is 5. The van der Waals surface area contributed by atoms with Gasteiger partial charge in [0.25, 0.3) is 0 Å². The molecule has 0 bridgehead atoms. The third kappa shape index (κ3) is 9.36. The Labute approximate surface area is 94.9 Å². The van der Waals surface area contributed by atoms with Gasteiger partial charge in [0.15, 0.2) is 0 Å². The molecular weight excluding hydrogens is 216 g/mol. The van der Waals surface area contributed by atoms with Crippen LogP contribution in [-0.2, 0) is 4.79 Å². The average Bonchev–Trinajstić information content (AvgIpc) is 2.12. The molecule has 0 fully saturated rings. The van der Waals surface area contributed by atoms with Crippen LogP contribution in [0.5, 0.6) is 0 Å². The minimum atomic E-state index is -0.522. The van der Waals surface area contributed by atoms with E-state index in [1.165, 1.54) is 0 Å². The predicted octanol–water partition coefficient (Wildman–Crippen LogP) is -0.626. The Hall–Kier alpha value is -0.950. The predicted molar refractivity (Wildman–Crippen MR) is 61.4 cm³/mol. The highest BCUT2D eigenvalue weighted by atomic mass is 32.1. The third-order valence-corrected chi connectivity index (χ3v) is 1.92. The van der Waals surface area contributed by atoms with E-state index in [4.69, 9.17) is 5.73 Å². The minimum absolute atomic E-state index is 0.0776. The zero-order chi connectivity index (χ0) is 11.7. The van der Waals surface area contributed by atoms with Crippen molar-refractivity contribution in [2.24, 2.45) is 5.73 Å². The van der Waals surface area contributed by atoms with E-state index in [-0.39, 0.29) is 18.5 Å². The zero-order valence-corrected chi connectivity index (χ0v) is 9.64. The normalized spacial score (nSPS) is 11.9. The number of nitrogens with two attached hydrogens (primary N) is 1. The maximum atomic E-state index is 11.1. The van der Waals surface area contributed by atoms with E-state index in [2.05, 4.69) is 28.2 Å². The van der Waals surface area contributed by atoms with Crippen LogP contribution >= 0.6 is 12.8 Å². The van der Waals surface area contributed by atoms with Gasteiger partial charge in [0, 0.05) is 12.6 Å². The van der Waals surface area contributed by atoms with Crippen molar-refractivity contribution < 1.29 is 9.59 Å². The van der Waals surface area contributed by atoms with Gasteiger partial charge < -0.3 is 16.4 Å². The van der Waals surface area contributed by atoms with Crippen LogP contribution in [0, 0.1) is 0 Å². The maximum absolute atomic E-state index is 11.1. The molecule has 3 amide bonds. The summed E-state index contributed by atoms with van der Waals surface area (Å²) in [6.07, 6.45) is 1.57. The minimum Gasteiger partial charge on any atom is -0.353 e. The van der Waals surface area contributed by atoms with Gasteiger partial charge in [0.05, 0.1) is 6.54 Å². The monoisotopic (exact) mass is 234 g/mol. The smallest absolute Gasteiger partial charge is 0.312 e. The van der Waals surface area contributed by atoms with Gasteiger partial charge in [-0.25, -0.2) is 4.79 Å². The summed E-state index contributed by atoms with van der Waals surface area (Å²) in [6.45, 7) is 2.62. The molecular formula is C8H18N4O2S. The number of urea groups is 1. The first-order valence-electron chi connectivity index (χ1n) is 4.76. The summed E-state index contributed by atoms with van der Waals surface area (Å²) in [5.41, 5.74) is 4.89. The fourth-order valence-electron chi connectivity index (χ4n) is 1.09. The first kappa shape index (κ1) is 14.1. The van der Waals surface area contributed by atoms with Gasteiger partial charge in [0.2, 0.25) is 5.91 Å². The molecule has 6 nitrogen and oxygen atoms in total. The lowest BCUT2D eigenvalue weighted by Crippen LogP contribution is -2.37. The molecule has 0 saturated heterocycles. The van der Waals surface area contributed by atoms with Gasteiger partial charge in [-0.1, -0.05) is 12.8 Å². The molecule has 0 heterocycles. The van der Waals surface area contributed by atoms with Crippen LogP contribution in [0.2, 0.25) is 0 Å². The number of thiol groups is 1. The molecule has 7 heteroatoms. The molecule has 15 heavy (non-hydrogen) atoms. The quantitative estimate of drug-likeness (QED) is 0.300. The van der Waals surface area contributed by atoms with Crippen LogP contribution in [0.3, 0.4) is 0 Å². The lowest BCUT2D eigenvalue weighted by atomic mass is 10.2. The fourth-order valence-corrected chi connectivity index (χ4v) is 1.23. The van der Waals surface area contributed by atoms with E-state index in [9.17, 15) is 9.59 Å². The Morgan fingerprint density at radius 1 is 1.47 bits per heavy atom. The van der Waals surface area contributed by atoms with Crippen LogP contribution < -0.4 is 21.1 Å². The van der Waals surface area contributed by atoms with E-state index >= 15 is 0 Å². The SMILES string of the molecule is CC(CCCNC(N)=O)NC(=O)CNS. The van der Waals surface area contributed by atoms with Gasteiger partial charge in [-0.3, -0.25) is 9.52 Å². The summed E-state index contributed by atoms with van der Waals surface area (Å²) in [4.78, 5) is 21.4. The van der Waals surface area contributed by atoms with Crippen molar-refractivity contribution in [3.8, 4) is 0 Å². The average molecular weight is 234 g/mol. The summed E-state index contributed by atoms with van der Waals surface area (Å²) in [6, 6.07) is -0.445. The summed E-state index contributed by atoms with van der Waals surface area (Å²) in [5, 5.41) is 5.26. The summed E-state index contributed by atoms with van der Waals surface area (Å²) in [7, 11) is 0. The van der Waals surface area contributed by atoms with E-state index in [1.54, 1.807) is 0 Å². The highest BCUT2D eigenvalue weighted by Crippen LogP contribution is 1.94. The number of rotatable bonds is 7. The standard InChI is InChI=1S/C8H18N4O2S/c1-6(12-7(13)5-11-15)3-2-4-10-8(9)14/h6,11,15H,2-5H2,1H3,(H,12,13)(H3,9,10,14). The highest BCUT2D eigenvalue weighted by molar-refractivity contribution is 7.78. The van der Waals surface area contributed by atoms with Gasteiger partial charge in [-0.2, -0.15) is 0 Å². The third-order valence-electron chi connectivity index (χ3n) is 1.76. The lowest BCUT2D eigenvalue weighted by Gasteiger charge is -2.13. The van der Waals surface area contributed by atoms with Crippen molar-refractivity contribution in [1.82, 2.24) is 15.4 Å². The highest BCUT2D eigenvalue weighted by Gasteiger charge is 2.05. The van der Waals surface area contributed by atoms with Crippen molar-refractivity contribution in [2.45, 2.75) is 25.8 Å². The van der Waals surface area contributed by atoms with E-state index < -0.39 is 6.03 Å². The first-order valence-corrected chi connectivity index (χ1v) is 5.20. The van der Waals surface area contributed by atoms with Crippen LogP contribution in [0.15, 0.2) is 0 Å². The van der Waals surface area contributed by atoms with Crippen molar-refractivity contribution >= 4 is 24.8 Å².